The van der Waals surface area contributed by atoms with Crippen LogP contribution < -0.4 is 4.90 Å². The lowest BCUT2D eigenvalue weighted by molar-refractivity contribution is 0.0730. The Morgan fingerprint density at radius 3 is 2.52 bits per heavy atom. The molecule has 0 radical (unpaired) electrons. The average molecular weight is 309 g/mol. The summed E-state index contributed by atoms with van der Waals surface area (Å²) >= 11 is 0. The fourth-order valence-corrected chi connectivity index (χ4v) is 2.65. The molecule has 0 saturated heterocycles. The maximum absolute atomic E-state index is 12.9. The van der Waals surface area contributed by atoms with Gasteiger partial charge in [0.05, 0.1) is 0 Å². The van der Waals surface area contributed by atoms with Gasteiger partial charge in [-0.25, -0.2) is 0 Å². The van der Waals surface area contributed by atoms with Crippen molar-refractivity contribution in [3.63, 3.8) is 0 Å². The van der Waals surface area contributed by atoms with E-state index in [4.69, 9.17) is 0 Å². The largest absolute Gasteiger partial charge is 0.375 e. The second kappa shape index (κ2) is 6.82. The Balaban J connectivity index is 1.76. The molecule has 1 amide bonds. The van der Waals surface area contributed by atoms with E-state index < -0.39 is 0 Å². The van der Waals surface area contributed by atoms with E-state index >= 15 is 0 Å². The van der Waals surface area contributed by atoms with Gasteiger partial charge < -0.3 is 9.80 Å². The molecule has 23 heavy (non-hydrogen) atoms. The summed E-state index contributed by atoms with van der Waals surface area (Å²) in [5.74, 6) is 0.113. The summed E-state index contributed by atoms with van der Waals surface area (Å²) in [6, 6.07) is 12.2. The van der Waals surface area contributed by atoms with Gasteiger partial charge in [-0.3, -0.25) is 9.78 Å². The smallest absolute Gasteiger partial charge is 0.254 e. The van der Waals surface area contributed by atoms with Crippen molar-refractivity contribution in [2.75, 3.05) is 18.5 Å². The van der Waals surface area contributed by atoms with Crippen molar-refractivity contribution in [3.05, 3.63) is 59.9 Å². The number of aromatic nitrogens is 1. The number of anilines is 1. The number of rotatable bonds is 6. The number of carbonyl (C=O) groups excluding carboxylic acids is 1. The minimum absolute atomic E-state index is 0.113. The van der Waals surface area contributed by atoms with Crippen LogP contribution in [0.2, 0.25) is 0 Å². The molecule has 1 aromatic carbocycles. The van der Waals surface area contributed by atoms with Crippen molar-refractivity contribution in [2.45, 2.75) is 32.4 Å². The predicted octanol–water partition coefficient (Wildman–Crippen LogP) is 3.34. The molecule has 1 heterocycles. The molecule has 120 valence electrons. The number of pyridine rings is 1. The summed E-state index contributed by atoms with van der Waals surface area (Å²) in [5.41, 5.74) is 2.97. The SMILES string of the molecule is CCN(C)c1ccc(C(=O)N(Cc2cccnc2)C2CC2)cc1. The summed E-state index contributed by atoms with van der Waals surface area (Å²) in [7, 11) is 2.05. The van der Waals surface area contributed by atoms with E-state index in [1.165, 1.54) is 0 Å². The monoisotopic (exact) mass is 309 g/mol. The Morgan fingerprint density at radius 2 is 1.96 bits per heavy atom. The van der Waals surface area contributed by atoms with Crippen LogP contribution >= 0.6 is 0 Å². The molecule has 0 aliphatic heterocycles. The van der Waals surface area contributed by atoms with Crippen molar-refractivity contribution >= 4 is 11.6 Å². The maximum Gasteiger partial charge on any atom is 0.254 e. The van der Waals surface area contributed by atoms with Crippen LogP contribution in [0.5, 0.6) is 0 Å². The van der Waals surface area contributed by atoms with Crippen molar-refractivity contribution < 1.29 is 4.79 Å². The van der Waals surface area contributed by atoms with Crippen LogP contribution in [0.3, 0.4) is 0 Å². The standard InChI is InChI=1S/C19H23N3O/c1-3-21(2)17-8-6-16(7-9-17)19(23)22(18-10-11-18)14-15-5-4-12-20-13-15/h4-9,12-13,18H,3,10-11,14H2,1-2H3. The summed E-state index contributed by atoms with van der Waals surface area (Å²) in [6.07, 6.45) is 5.79. The molecule has 3 rings (SSSR count). The van der Waals surface area contributed by atoms with Gasteiger partial charge in [0.2, 0.25) is 0 Å². The number of benzene rings is 1. The Kier molecular flexibility index (Phi) is 4.60. The highest BCUT2D eigenvalue weighted by molar-refractivity contribution is 5.95. The fraction of sp³-hybridized carbons (Fsp3) is 0.368. The summed E-state index contributed by atoms with van der Waals surface area (Å²) < 4.78 is 0. The van der Waals surface area contributed by atoms with Crippen LogP contribution in [-0.4, -0.2) is 35.4 Å². The molecule has 1 aliphatic rings. The van der Waals surface area contributed by atoms with Gasteiger partial charge in [0.25, 0.3) is 5.91 Å². The van der Waals surface area contributed by atoms with Gasteiger partial charge in [0, 0.05) is 49.8 Å². The maximum atomic E-state index is 12.9. The Hall–Kier alpha value is -2.36. The quantitative estimate of drug-likeness (QED) is 0.821. The van der Waals surface area contributed by atoms with Gasteiger partial charge in [-0.1, -0.05) is 6.07 Å². The van der Waals surface area contributed by atoms with Gasteiger partial charge in [0.1, 0.15) is 0 Å². The lowest BCUT2D eigenvalue weighted by atomic mass is 10.1. The molecule has 0 N–H and O–H groups in total. The van der Waals surface area contributed by atoms with Crippen LogP contribution in [0.4, 0.5) is 5.69 Å². The number of hydrogen-bond acceptors (Lipinski definition) is 3. The Labute approximate surface area is 137 Å². The first-order valence-corrected chi connectivity index (χ1v) is 8.20. The van der Waals surface area contributed by atoms with E-state index in [2.05, 4.69) is 23.9 Å². The van der Waals surface area contributed by atoms with Crippen molar-refractivity contribution in [2.24, 2.45) is 0 Å². The number of hydrogen-bond donors (Lipinski definition) is 0. The van der Waals surface area contributed by atoms with Crippen LogP contribution in [0.15, 0.2) is 48.8 Å². The number of amides is 1. The van der Waals surface area contributed by atoms with Crippen LogP contribution in [0, 0.1) is 0 Å². The molecular weight excluding hydrogens is 286 g/mol. The molecule has 0 unspecified atom stereocenters. The van der Waals surface area contributed by atoms with E-state index in [-0.39, 0.29) is 5.91 Å². The van der Waals surface area contributed by atoms with Gasteiger partial charge in [-0.2, -0.15) is 0 Å². The van der Waals surface area contributed by atoms with E-state index in [0.29, 0.717) is 12.6 Å². The predicted molar refractivity (Wildman–Crippen MR) is 92.5 cm³/mol. The van der Waals surface area contributed by atoms with E-state index in [1.807, 2.05) is 47.5 Å². The first-order valence-electron chi connectivity index (χ1n) is 8.20. The zero-order valence-electron chi connectivity index (χ0n) is 13.8. The summed E-state index contributed by atoms with van der Waals surface area (Å²) in [5, 5.41) is 0. The number of nitrogens with zero attached hydrogens (tertiary/aromatic N) is 3. The first-order chi connectivity index (χ1) is 11.2. The second-order valence-corrected chi connectivity index (χ2v) is 6.09. The van der Waals surface area contributed by atoms with Crippen molar-refractivity contribution in [1.29, 1.82) is 0 Å². The van der Waals surface area contributed by atoms with Gasteiger partial charge in [0.15, 0.2) is 0 Å². The molecule has 0 atom stereocenters. The highest BCUT2D eigenvalue weighted by Crippen LogP contribution is 2.30. The zero-order valence-corrected chi connectivity index (χ0v) is 13.8. The van der Waals surface area contributed by atoms with Gasteiger partial charge in [-0.05, 0) is 55.7 Å². The molecule has 1 aliphatic carbocycles. The third-order valence-electron chi connectivity index (χ3n) is 4.35. The zero-order chi connectivity index (χ0) is 16.2. The molecule has 0 spiro atoms. The lowest BCUT2D eigenvalue weighted by Crippen LogP contribution is -2.32. The highest BCUT2D eigenvalue weighted by Gasteiger charge is 2.33. The van der Waals surface area contributed by atoms with Crippen LogP contribution in [-0.2, 0) is 6.54 Å². The molecule has 0 bridgehead atoms. The lowest BCUT2D eigenvalue weighted by Gasteiger charge is -2.23. The molecule has 2 aromatic rings. The van der Waals surface area contributed by atoms with E-state index in [1.54, 1.807) is 6.20 Å². The van der Waals surface area contributed by atoms with Crippen LogP contribution in [0.1, 0.15) is 35.7 Å². The minimum atomic E-state index is 0.113. The highest BCUT2D eigenvalue weighted by atomic mass is 16.2. The molecule has 4 nitrogen and oxygen atoms in total. The topological polar surface area (TPSA) is 36.4 Å². The molecule has 1 aromatic heterocycles. The van der Waals surface area contributed by atoms with Crippen molar-refractivity contribution in [3.8, 4) is 0 Å². The average Bonchev–Trinajstić information content (AvgIpc) is 3.44. The van der Waals surface area contributed by atoms with Gasteiger partial charge >= 0.3 is 0 Å². The van der Waals surface area contributed by atoms with E-state index in [9.17, 15) is 4.79 Å². The summed E-state index contributed by atoms with van der Waals surface area (Å²) in [6.45, 7) is 3.69. The third kappa shape index (κ3) is 3.70. The molecule has 1 fully saturated rings. The summed E-state index contributed by atoms with van der Waals surface area (Å²) in [4.78, 5) is 21.2. The molecule has 1 saturated carbocycles. The third-order valence-corrected chi connectivity index (χ3v) is 4.35. The normalized spacial score (nSPS) is 13.7. The van der Waals surface area contributed by atoms with Crippen LogP contribution in [0.25, 0.3) is 0 Å². The van der Waals surface area contributed by atoms with Crippen molar-refractivity contribution in [1.82, 2.24) is 9.88 Å². The fourth-order valence-electron chi connectivity index (χ4n) is 2.65. The second-order valence-electron chi connectivity index (χ2n) is 6.09. The van der Waals surface area contributed by atoms with E-state index in [0.717, 1.165) is 36.2 Å². The minimum Gasteiger partial charge on any atom is -0.375 e. The number of carbonyl (C=O) groups is 1. The Bertz CT molecular complexity index is 650. The Morgan fingerprint density at radius 1 is 1.22 bits per heavy atom. The molecule has 4 heteroatoms. The first kappa shape index (κ1) is 15.5. The van der Waals surface area contributed by atoms with Gasteiger partial charge in [-0.15, -0.1) is 0 Å². The molecular formula is C19H23N3O.